The Morgan fingerprint density at radius 1 is 0.875 bits per heavy atom. The molecular formula is C13H29NSi2. The molecular weight excluding hydrogens is 226 g/mol. The number of hydrogen-bond acceptors (Lipinski definition) is 1. The lowest BCUT2D eigenvalue weighted by Gasteiger charge is -2.42. The molecule has 0 aromatic carbocycles. The normalized spacial score (nSPS) is 12.5. The van der Waals surface area contributed by atoms with E-state index in [0.717, 1.165) is 13.0 Å². The molecule has 0 rings (SSSR count). The number of nitrogens with zero attached hydrogens (tertiary/aromatic N) is 1. The van der Waals surface area contributed by atoms with Gasteiger partial charge in [0, 0.05) is 13.0 Å². The Labute approximate surface area is 105 Å². The van der Waals surface area contributed by atoms with Crippen LogP contribution in [0.1, 0.15) is 26.2 Å². The zero-order chi connectivity index (χ0) is 12.8. The SMILES string of the molecule is CCCCC#CCN([Si](C)(C)C)[Si](C)(C)C. The van der Waals surface area contributed by atoms with Crippen molar-refractivity contribution in [3.8, 4) is 11.8 Å². The Morgan fingerprint density at radius 2 is 1.38 bits per heavy atom. The lowest BCUT2D eigenvalue weighted by molar-refractivity contribution is 0.698. The van der Waals surface area contributed by atoms with Crippen LogP contribution in [0.2, 0.25) is 39.3 Å². The first-order valence-electron chi connectivity index (χ1n) is 6.43. The number of unbranched alkanes of at least 4 members (excludes halogenated alkanes) is 2. The molecule has 0 heterocycles. The molecule has 0 amide bonds. The van der Waals surface area contributed by atoms with Crippen molar-refractivity contribution in [2.45, 2.75) is 65.5 Å². The van der Waals surface area contributed by atoms with Crippen molar-refractivity contribution < 1.29 is 0 Å². The van der Waals surface area contributed by atoms with Gasteiger partial charge in [-0.2, -0.15) is 0 Å². The summed E-state index contributed by atoms with van der Waals surface area (Å²) in [6.07, 6.45) is 3.56. The molecule has 0 saturated carbocycles. The van der Waals surface area contributed by atoms with Crippen LogP contribution in [0, 0.1) is 11.8 Å². The van der Waals surface area contributed by atoms with Crippen LogP contribution in [0.4, 0.5) is 0 Å². The Hall–Kier alpha value is -0.0462. The molecule has 16 heavy (non-hydrogen) atoms. The van der Waals surface area contributed by atoms with Gasteiger partial charge in [0.1, 0.15) is 16.5 Å². The summed E-state index contributed by atoms with van der Waals surface area (Å²) in [7, 11) is -2.40. The van der Waals surface area contributed by atoms with E-state index < -0.39 is 16.5 Å². The smallest absolute Gasteiger partial charge is 0.113 e. The van der Waals surface area contributed by atoms with E-state index in [-0.39, 0.29) is 0 Å². The summed E-state index contributed by atoms with van der Waals surface area (Å²) in [5.74, 6) is 6.69. The molecule has 0 aliphatic heterocycles. The van der Waals surface area contributed by atoms with Crippen LogP contribution in [0.15, 0.2) is 0 Å². The molecule has 0 spiro atoms. The van der Waals surface area contributed by atoms with E-state index in [1.54, 1.807) is 0 Å². The van der Waals surface area contributed by atoms with E-state index in [9.17, 15) is 0 Å². The Balaban J connectivity index is 4.40. The highest BCUT2D eigenvalue weighted by Crippen LogP contribution is 2.18. The van der Waals surface area contributed by atoms with Crippen LogP contribution in [0.3, 0.4) is 0 Å². The van der Waals surface area contributed by atoms with E-state index in [4.69, 9.17) is 0 Å². The van der Waals surface area contributed by atoms with Crippen molar-refractivity contribution in [2.24, 2.45) is 0 Å². The van der Waals surface area contributed by atoms with Crippen LogP contribution < -0.4 is 0 Å². The van der Waals surface area contributed by atoms with Gasteiger partial charge in [0.2, 0.25) is 0 Å². The summed E-state index contributed by atoms with van der Waals surface area (Å²) >= 11 is 0. The topological polar surface area (TPSA) is 3.24 Å². The molecule has 0 aliphatic carbocycles. The monoisotopic (exact) mass is 255 g/mol. The lowest BCUT2D eigenvalue weighted by Crippen LogP contribution is -2.59. The quantitative estimate of drug-likeness (QED) is 0.405. The van der Waals surface area contributed by atoms with E-state index in [2.05, 4.69) is 62.3 Å². The number of hydrogen-bond donors (Lipinski definition) is 0. The molecule has 0 fully saturated rings. The molecule has 0 saturated heterocycles. The summed E-state index contributed by atoms with van der Waals surface area (Å²) in [5.41, 5.74) is 0. The van der Waals surface area contributed by atoms with Gasteiger partial charge in [-0.05, 0) is 6.42 Å². The second-order valence-electron chi connectivity index (χ2n) is 6.38. The van der Waals surface area contributed by atoms with Gasteiger partial charge in [-0.15, -0.1) is 5.92 Å². The predicted octanol–water partition coefficient (Wildman–Crippen LogP) is 4.15. The Bertz CT molecular complexity index is 236. The fourth-order valence-corrected chi connectivity index (χ4v) is 11.1. The Kier molecular flexibility index (Phi) is 6.61. The second kappa shape index (κ2) is 6.63. The summed E-state index contributed by atoms with van der Waals surface area (Å²) in [5, 5.41) is 0. The van der Waals surface area contributed by atoms with Crippen LogP contribution >= 0.6 is 0 Å². The maximum absolute atomic E-state index is 3.38. The predicted molar refractivity (Wildman–Crippen MR) is 80.7 cm³/mol. The van der Waals surface area contributed by atoms with Crippen molar-refractivity contribution in [3.63, 3.8) is 0 Å². The zero-order valence-corrected chi connectivity index (χ0v) is 14.3. The van der Waals surface area contributed by atoms with Crippen LogP contribution in [-0.4, -0.2) is 27.2 Å². The third-order valence-electron chi connectivity index (χ3n) is 2.64. The van der Waals surface area contributed by atoms with Gasteiger partial charge in [0.15, 0.2) is 0 Å². The summed E-state index contributed by atoms with van der Waals surface area (Å²) in [4.78, 5) is 0. The van der Waals surface area contributed by atoms with Gasteiger partial charge >= 0.3 is 0 Å². The largest absolute Gasteiger partial charge is 0.336 e. The first-order chi connectivity index (χ1) is 7.19. The molecule has 0 bridgehead atoms. The van der Waals surface area contributed by atoms with Gasteiger partial charge in [-0.25, -0.2) is 0 Å². The van der Waals surface area contributed by atoms with E-state index >= 15 is 0 Å². The van der Waals surface area contributed by atoms with E-state index in [1.807, 2.05) is 0 Å². The van der Waals surface area contributed by atoms with Crippen molar-refractivity contribution >= 4 is 16.5 Å². The summed E-state index contributed by atoms with van der Waals surface area (Å²) in [6, 6.07) is 0. The first-order valence-corrected chi connectivity index (χ1v) is 13.3. The molecule has 0 N–H and O–H groups in total. The minimum Gasteiger partial charge on any atom is -0.336 e. The van der Waals surface area contributed by atoms with Crippen molar-refractivity contribution in [1.29, 1.82) is 0 Å². The summed E-state index contributed by atoms with van der Waals surface area (Å²) < 4.78 is 2.74. The summed E-state index contributed by atoms with van der Waals surface area (Å²) in [6.45, 7) is 17.8. The minimum absolute atomic E-state index is 0.995. The van der Waals surface area contributed by atoms with E-state index in [1.165, 1.54) is 12.8 Å². The van der Waals surface area contributed by atoms with Crippen LogP contribution in [-0.2, 0) is 0 Å². The van der Waals surface area contributed by atoms with Gasteiger partial charge in [0.25, 0.3) is 0 Å². The fraction of sp³-hybridized carbons (Fsp3) is 0.846. The third-order valence-corrected chi connectivity index (χ3v) is 10.2. The third kappa shape index (κ3) is 6.52. The van der Waals surface area contributed by atoms with Crippen LogP contribution in [0.25, 0.3) is 0 Å². The van der Waals surface area contributed by atoms with Crippen molar-refractivity contribution in [3.05, 3.63) is 0 Å². The van der Waals surface area contributed by atoms with E-state index in [0.29, 0.717) is 0 Å². The molecule has 0 atom stereocenters. The average Bonchev–Trinajstić information content (AvgIpc) is 2.06. The lowest BCUT2D eigenvalue weighted by atomic mass is 10.2. The molecule has 0 unspecified atom stereocenters. The fourth-order valence-electron chi connectivity index (χ4n) is 1.97. The van der Waals surface area contributed by atoms with Gasteiger partial charge in [-0.1, -0.05) is 58.5 Å². The highest BCUT2D eigenvalue weighted by Gasteiger charge is 2.33. The highest BCUT2D eigenvalue weighted by atomic mass is 28.4. The Morgan fingerprint density at radius 3 is 1.75 bits per heavy atom. The molecule has 1 nitrogen and oxygen atoms in total. The van der Waals surface area contributed by atoms with Crippen molar-refractivity contribution in [2.75, 3.05) is 6.54 Å². The zero-order valence-electron chi connectivity index (χ0n) is 12.3. The van der Waals surface area contributed by atoms with Crippen molar-refractivity contribution in [1.82, 2.24) is 4.23 Å². The standard InChI is InChI=1S/C13H29NSi2/c1-8-9-10-11-12-13-14(15(2,3)4)16(5,6)7/h8-10,13H2,1-7H3. The number of rotatable bonds is 5. The van der Waals surface area contributed by atoms with Gasteiger partial charge in [0.05, 0.1) is 0 Å². The molecule has 0 aromatic heterocycles. The van der Waals surface area contributed by atoms with Crippen LogP contribution in [0.5, 0.6) is 0 Å². The second-order valence-corrected chi connectivity index (χ2v) is 16.6. The van der Waals surface area contributed by atoms with Gasteiger partial charge in [-0.3, -0.25) is 0 Å². The maximum Gasteiger partial charge on any atom is 0.113 e. The minimum atomic E-state index is -1.20. The molecule has 3 heteroatoms. The first kappa shape index (κ1) is 16.0. The van der Waals surface area contributed by atoms with Gasteiger partial charge < -0.3 is 4.23 Å². The molecule has 0 radical (unpaired) electrons. The average molecular weight is 256 g/mol. The maximum atomic E-state index is 3.38. The highest BCUT2D eigenvalue weighted by molar-refractivity contribution is 6.89. The molecule has 0 aromatic rings. The molecule has 94 valence electrons. The molecule has 0 aliphatic rings.